The van der Waals surface area contributed by atoms with Gasteiger partial charge in [0.15, 0.2) is 15.5 Å². The number of fused-ring (bicyclic) bond motifs is 4. The first kappa shape index (κ1) is 53.5. The number of pyridine rings is 1. The minimum absolute atomic E-state index is 0.186. The van der Waals surface area contributed by atoms with Gasteiger partial charge in [0.05, 0.1) is 34.4 Å². The van der Waals surface area contributed by atoms with Gasteiger partial charge in [0.25, 0.3) is 5.92 Å². The third kappa shape index (κ3) is 11.2. The zero-order valence-electron chi connectivity index (χ0n) is 37.6. The van der Waals surface area contributed by atoms with Crippen LogP contribution in [0.15, 0.2) is 42.5 Å². The Bertz CT molecular complexity index is 3350. The van der Waals surface area contributed by atoms with E-state index in [0.29, 0.717) is 10.7 Å². The van der Waals surface area contributed by atoms with E-state index < -0.39 is 172 Å². The maximum Gasteiger partial charge on any atom is 0.435 e. The van der Waals surface area contributed by atoms with Crippen LogP contribution in [-0.4, -0.2) is 81.4 Å². The van der Waals surface area contributed by atoms with Crippen molar-refractivity contribution in [2.24, 2.45) is 11.8 Å². The summed E-state index contributed by atoms with van der Waals surface area (Å²) in [5.74, 6) is -10.6. The minimum atomic E-state index is -5.23. The average Bonchev–Trinajstić information content (AvgIpc) is 3.75. The van der Waals surface area contributed by atoms with Crippen LogP contribution in [0.25, 0.3) is 22.0 Å². The average molecular weight is 1080 g/mol. The van der Waals surface area contributed by atoms with Crippen molar-refractivity contribution in [3.8, 4) is 23.0 Å². The Kier molecular flexibility index (Phi) is 13.9. The number of aliphatic carboxylic acids is 1. The predicted molar refractivity (Wildman–Crippen MR) is 235 cm³/mol. The summed E-state index contributed by atoms with van der Waals surface area (Å²) in [6, 6.07) is 4.80. The molecule has 72 heavy (non-hydrogen) atoms. The zero-order chi connectivity index (χ0) is 53.4. The first-order chi connectivity index (χ1) is 33.1. The summed E-state index contributed by atoms with van der Waals surface area (Å²) in [4.78, 5) is 42.4. The summed E-state index contributed by atoms with van der Waals surface area (Å²) in [5, 5.41) is 17.9. The lowest BCUT2D eigenvalue weighted by atomic mass is 9.93. The van der Waals surface area contributed by atoms with E-state index in [4.69, 9.17) is 16.7 Å². The molecule has 2 aliphatic carbocycles. The number of sulfonamides is 1. The van der Waals surface area contributed by atoms with E-state index in [1.54, 1.807) is 4.72 Å². The number of carbonyl (C=O) groups excluding carboxylic acids is 2. The Morgan fingerprint density at radius 3 is 2.19 bits per heavy atom. The van der Waals surface area contributed by atoms with Crippen molar-refractivity contribution in [2.75, 3.05) is 6.26 Å². The molecule has 1 saturated carbocycles. The van der Waals surface area contributed by atoms with Gasteiger partial charge < -0.3 is 10.4 Å². The highest BCUT2D eigenvalue weighted by atomic mass is 35.5. The Balaban J connectivity index is 1.43. The van der Waals surface area contributed by atoms with Crippen LogP contribution in [0, 0.1) is 35.3 Å². The van der Waals surface area contributed by atoms with E-state index >= 15 is 8.78 Å². The van der Waals surface area contributed by atoms with E-state index in [0.717, 1.165) is 49.6 Å². The highest BCUT2D eigenvalue weighted by Gasteiger charge is 2.68. The van der Waals surface area contributed by atoms with Crippen molar-refractivity contribution in [2.45, 2.75) is 93.9 Å². The van der Waals surface area contributed by atoms with Gasteiger partial charge in [0.1, 0.15) is 46.6 Å². The molecule has 4 atom stereocenters. The number of rotatable bonds is 15. The number of halogens is 11. The second-order valence-electron chi connectivity index (χ2n) is 17.9. The fourth-order valence-electron chi connectivity index (χ4n) is 8.28. The number of amides is 2. The maximum absolute atomic E-state index is 15.6. The van der Waals surface area contributed by atoms with Crippen molar-refractivity contribution in [3.05, 3.63) is 98.7 Å². The Morgan fingerprint density at radius 1 is 0.958 bits per heavy atom. The summed E-state index contributed by atoms with van der Waals surface area (Å²) in [6.45, 7) is 0.322. The monoisotopic (exact) mass is 1080 g/mol. The van der Waals surface area contributed by atoms with Gasteiger partial charge in [-0.25, -0.2) is 30.6 Å². The van der Waals surface area contributed by atoms with Gasteiger partial charge >= 0.3 is 18.3 Å². The molecule has 28 heteroatoms. The second kappa shape index (κ2) is 18.6. The summed E-state index contributed by atoms with van der Waals surface area (Å²) < 4.78 is 199. The van der Waals surface area contributed by atoms with Gasteiger partial charge in [-0.3, -0.25) is 28.5 Å². The van der Waals surface area contributed by atoms with E-state index in [1.165, 1.54) is 13.8 Å². The van der Waals surface area contributed by atoms with Crippen molar-refractivity contribution < 1.29 is 80.2 Å². The lowest BCUT2D eigenvalue weighted by molar-refractivity contribution is -0.143. The van der Waals surface area contributed by atoms with E-state index in [9.17, 15) is 66.3 Å². The van der Waals surface area contributed by atoms with E-state index in [-0.39, 0.29) is 33.5 Å². The van der Waals surface area contributed by atoms with Crippen molar-refractivity contribution in [3.63, 3.8) is 0 Å². The third-order valence-corrected chi connectivity index (χ3v) is 15.3. The first-order valence-corrected chi connectivity index (χ1v) is 25.0. The van der Waals surface area contributed by atoms with Gasteiger partial charge in [-0.2, -0.15) is 45.3 Å². The number of hydrogen-bond acceptors (Lipinski definition) is 10. The Labute approximate surface area is 407 Å². The van der Waals surface area contributed by atoms with Crippen LogP contribution in [0.5, 0.6) is 0 Å². The van der Waals surface area contributed by atoms with Crippen LogP contribution in [-0.2, 0) is 71.6 Å². The summed E-state index contributed by atoms with van der Waals surface area (Å²) in [5.41, 5.74) is -6.44. The van der Waals surface area contributed by atoms with Gasteiger partial charge in [0, 0.05) is 46.2 Å². The number of hydrogen-bond donors (Lipinski definition) is 3. The second-order valence-corrected chi connectivity index (χ2v) is 22.6. The molecule has 0 unspecified atom stereocenters. The number of alkyl halides is 8. The van der Waals surface area contributed by atoms with Gasteiger partial charge in [0.2, 0.25) is 21.8 Å². The van der Waals surface area contributed by atoms with Crippen LogP contribution in [0.3, 0.4) is 0 Å². The van der Waals surface area contributed by atoms with Gasteiger partial charge in [-0.1, -0.05) is 30.5 Å². The lowest BCUT2D eigenvalue weighted by Crippen LogP contribution is -2.36. The third-order valence-electron chi connectivity index (χ3n) is 11.9. The predicted octanol–water partition coefficient (Wildman–Crippen LogP) is 7.35. The molecule has 2 aromatic carbocycles. The van der Waals surface area contributed by atoms with Crippen LogP contribution < -0.4 is 10.0 Å². The van der Waals surface area contributed by atoms with Crippen LogP contribution >= 0.6 is 11.6 Å². The molecule has 2 aliphatic rings. The number of carbonyl (C=O) groups is 3. The molecular weight excluding hydrogens is 1040 g/mol. The SMILES string of the molecule is C[C@H](CC(=O)O)C(=O)NS(=O)(=O)Cc1nn(CC(F)(F)F)c2c(-c3ccc(C#CC(C)(C)S(C)(=O)=O)nc3[C@H](Cc3cc(F)cc(F)c3)NC(=O)Cn3nc(C(F)(F)F)c4c3C(F)(F)[C@@H]3C[C@H]43)ccc(Cl)c12. The molecule has 15 nitrogen and oxygen atoms in total. The first-order valence-electron chi connectivity index (χ1n) is 21.1. The molecule has 7 rings (SSSR count). The molecule has 2 amide bonds. The van der Waals surface area contributed by atoms with Crippen molar-refractivity contribution >= 4 is 60.1 Å². The molecule has 386 valence electrons. The van der Waals surface area contributed by atoms with Crippen LogP contribution in [0.2, 0.25) is 5.02 Å². The van der Waals surface area contributed by atoms with Crippen LogP contribution in [0.4, 0.5) is 43.9 Å². The smallest absolute Gasteiger partial charge is 0.435 e. The molecule has 3 aromatic heterocycles. The highest BCUT2D eigenvalue weighted by Crippen LogP contribution is 2.68. The number of sulfone groups is 1. The van der Waals surface area contributed by atoms with Gasteiger partial charge in [-0.05, 0) is 74.4 Å². The van der Waals surface area contributed by atoms with Crippen molar-refractivity contribution in [1.29, 1.82) is 0 Å². The van der Waals surface area contributed by atoms with E-state index in [1.807, 2.05) is 0 Å². The molecule has 0 bridgehead atoms. The topological polar surface area (TPSA) is 212 Å². The number of benzene rings is 2. The largest absolute Gasteiger partial charge is 0.481 e. The number of nitrogens with one attached hydrogen (secondary N) is 2. The number of carboxylic acid groups (broad SMARTS) is 1. The van der Waals surface area contributed by atoms with E-state index in [2.05, 4.69) is 32.3 Å². The Hall–Kier alpha value is -6.27. The summed E-state index contributed by atoms with van der Waals surface area (Å²) in [6.07, 6.45) is -11.2. The molecular formula is C44H38ClF10N7O8S2. The molecule has 3 heterocycles. The molecule has 1 fully saturated rings. The normalized spacial score (nSPS) is 17.4. The summed E-state index contributed by atoms with van der Waals surface area (Å²) in [7, 11) is -8.80. The highest BCUT2D eigenvalue weighted by molar-refractivity contribution is 7.92. The molecule has 5 aromatic rings. The number of aromatic nitrogens is 5. The zero-order valence-corrected chi connectivity index (χ0v) is 40.0. The number of nitrogens with zero attached hydrogens (tertiary/aromatic N) is 5. The maximum atomic E-state index is 15.6. The minimum Gasteiger partial charge on any atom is -0.481 e. The summed E-state index contributed by atoms with van der Waals surface area (Å²) >= 11 is 6.56. The van der Waals surface area contributed by atoms with Crippen molar-refractivity contribution in [1.82, 2.24) is 34.6 Å². The lowest BCUT2D eigenvalue weighted by Gasteiger charge is -2.23. The Morgan fingerprint density at radius 2 is 1.60 bits per heavy atom. The molecule has 0 aliphatic heterocycles. The fourth-order valence-corrected chi connectivity index (χ4v) is 9.92. The molecule has 3 N–H and O–H groups in total. The molecule has 0 radical (unpaired) electrons. The molecule has 0 saturated heterocycles. The van der Waals surface area contributed by atoms with Gasteiger partial charge in [-0.15, -0.1) is 0 Å². The standard InChI is InChI=1S/C44H38ClF10N7O8S2/c1-20(11-33(64)65)40(66)60-72(69,70)18-31-35-29(45)8-7-26(37(35)62(58-31)19-42(48,49)50)25-6-5-24(9-10-41(2,3)71(4,67)68)56-36(25)30(14-21-12-22(46)15-23(47)13-21)57-32(63)17-61-39-34(38(59-61)44(53,54)55)27-16-28(27)43(39,51)52/h5-8,12-13,15,20,27-28,30H,11,14,16-19H2,1-4H3,(H,57,63)(H,60,66)(H,64,65)/t20-,27+,28-,30+/m1/s1. The fraction of sp³-hybridized carbons (Fsp3) is 0.409. The molecule has 0 spiro atoms. The number of carboxylic acids is 1. The van der Waals surface area contributed by atoms with Crippen LogP contribution in [0.1, 0.15) is 85.2 Å². The quantitative estimate of drug-likeness (QED) is 0.0697.